The molecule has 106 valence electrons. The van der Waals surface area contributed by atoms with E-state index in [4.69, 9.17) is 17.0 Å². The van der Waals surface area contributed by atoms with Crippen LogP contribution >= 0.6 is 24.0 Å². The van der Waals surface area contributed by atoms with Gasteiger partial charge in [0.15, 0.2) is 11.5 Å². The molecule has 1 aromatic carbocycles. The number of alkyl halides is 2. The highest BCUT2D eigenvalue weighted by Crippen LogP contribution is 2.32. The maximum absolute atomic E-state index is 12.2. The van der Waals surface area contributed by atoms with E-state index >= 15 is 0 Å². The van der Waals surface area contributed by atoms with Gasteiger partial charge in [0.05, 0.1) is 12.0 Å². The highest BCUT2D eigenvalue weighted by atomic mass is 32.2. The quantitative estimate of drug-likeness (QED) is 0.683. The first-order valence-corrected chi connectivity index (χ1v) is 6.60. The van der Waals surface area contributed by atoms with Crippen molar-refractivity contribution >= 4 is 40.3 Å². The molecule has 0 aliphatic carbocycles. The summed E-state index contributed by atoms with van der Waals surface area (Å²) >= 11 is 6.01. The van der Waals surface area contributed by atoms with Crippen LogP contribution in [0.15, 0.2) is 23.1 Å². The SMILES string of the molecule is COc1cc(C=C2SC(=S)NC2=O)ccc1OC(F)F. The Hall–Kier alpha value is -1.67. The van der Waals surface area contributed by atoms with Gasteiger partial charge in [-0.25, -0.2) is 0 Å². The minimum atomic E-state index is -2.93. The Balaban J connectivity index is 2.28. The highest BCUT2D eigenvalue weighted by Gasteiger charge is 2.22. The zero-order valence-electron chi connectivity index (χ0n) is 10.2. The number of hydrogen-bond acceptors (Lipinski definition) is 5. The molecule has 1 N–H and O–H groups in total. The van der Waals surface area contributed by atoms with E-state index in [1.165, 1.54) is 19.2 Å². The molecule has 8 heteroatoms. The zero-order chi connectivity index (χ0) is 14.7. The fourth-order valence-electron chi connectivity index (χ4n) is 1.54. The van der Waals surface area contributed by atoms with Crippen molar-refractivity contribution in [3.8, 4) is 11.5 Å². The van der Waals surface area contributed by atoms with Gasteiger partial charge in [-0.15, -0.1) is 0 Å². The maximum atomic E-state index is 12.2. The van der Waals surface area contributed by atoms with E-state index in [9.17, 15) is 13.6 Å². The van der Waals surface area contributed by atoms with E-state index in [1.807, 2.05) is 0 Å². The van der Waals surface area contributed by atoms with Crippen LogP contribution in [-0.2, 0) is 4.79 Å². The second-order valence-electron chi connectivity index (χ2n) is 3.64. The van der Waals surface area contributed by atoms with Gasteiger partial charge in [0, 0.05) is 0 Å². The van der Waals surface area contributed by atoms with Crippen LogP contribution in [0.3, 0.4) is 0 Å². The third-order valence-electron chi connectivity index (χ3n) is 2.34. The molecule has 1 aromatic rings. The lowest BCUT2D eigenvalue weighted by Crippen LogP contribution is -2.17. The molecule has 1 aliphatic heterocycles. The first-order valence-electron chi connectivity index (χ1n) is 5.37. The molecule has 1 heterocycles. The minimum Gasteiger partial charge on any atom is -0.493 e. The van der Waals surface area contributed by atoms with Crippen LogP contribution in [0.1, 0.15) is 5.56 Å². The predicted octanol–water partition coefficient (Wildman–Crippen LogP) is 2.79. The summed E-state index contributed by atoms with van der Waals surface area (Å²) in [5, 5.41) is 2.49. The lowest BCUT2D eigenvalue weighted by Gasteiger charge is -2.10. The third-order valence-corrected chi connectivity index (χ3v) is 3.51. The number of amides is 1. The van der Waals surface area contributed by atoms with Crippen LogP contribution < -0.4 is 14.8 Å². The number of thiocarbonyl (C=S) groups is 1. The number of nitrogens with one attached hydrogen (secondary N) is 1. The number of hydrogen-bond donors (Lipinski definition) is 1. The summed E-state index contributed by atoms with van der Waals surface area (Å²) < 4.78 is 34.1. The summed E-state index contributed by atoms with van der Waals surface area (Å²) in [7, 11) is 1.34. The fourth-order valence-corrected chi connectivity index (χ4v) is 2.58. The summed E-state index contributed by atoms with van der Waals surface area (Å²) in [5.74, 6) is -0.193. The van der Waals surface area contributed by atoms with Crippen LogP contribution in [0.4, 0.5) is 8.78 Å². The summed E-state index contributed by atoms with van der Waals surface area (Å²) in [6, 6.07) is 4.40. The number of rotatable bonds is 4. The number of carbonyl (C=O) groups is 1. The number of ether oxygens (including phenoxy) is 2. The number of halogens is 2. The van der Waals surface area contributed by atoms with Crippen LogP contribution in [0.25, 0.3) is 6.08 Å². The number of carbonyl (C=O) groups excluding carboxylic acids is 1. The van der Waals surface area contributed by atoms with Crippen LogP contribution in [0.5, 0.6) is 11.5 Å². The van der Waals surface area contributed by atoms with Gasteiger partial charge in [-0.3, -0.25) is 4.79 Å². The molecule has 1 aliphatic rings. The van der Waals surface area contributed by atoms with E-state index in [0.717, 1.165) is 11.8 Å². The molecule has 2 rings (SSSR count). The van der Waals surface area contributed by atoms with Crippen molar-refractivity contribution < 1.29 is 23.0 Å². The molecule has 0 unspecified atom stereocenters. The molecule has 0 atom stereocenters. The number of benzene rings is 1. The predicted molar refractivity (Wildman–Crippen MR) is 75.9 cm³/mol. The maximum Gasteiger partial charge on any atom is 0.387 e. The minimum absolute atomic E-state index is 0.0660. The van der Waals surface area contributed by atoms with Gasteiger partial charge >= 0.3 is 6.61 Å². The second-order valence-corrected chi connectivity index (χ2v) is 5.36. The van der Waals surface area contributed by atoms with Crippen molar-refractivity contribution in [2.24, 2.45) is 0 Å². The zero-order valence-corrected chi connectivity index (χ0v) is 11.8. The van der Waals surface area contributed by atoms with Crippen LogP contribution in [0.2, 0.25) is 0 Å². The van der Waals surface area contributed by atoms with E-state index in [-0.39, 0.29) is 17.4 Å². The monoisotopic (exact) mass is 317 g/mol. The normalized spacial score (nSPS) is 16.7. The molecule has 0 bridgehead atoms. The summed E-state index contributed by atoms with van der Waals surface area (Å²) in [6.07, 6.45) is 1.59. The second kappa shape index (κ2) is 6.19. The number of thioether (sulfide) groups is 1. The first-order chi connectivity index (χ1) is 9.49. The number of methoxy groups -OCH3 is 1. The Bertz CT molecular complexity index is 590. The van der Waals surface area contributed by atoms with Crippen molar-refractivity contribution in [1.82, 2.24) is 5.32 Å². The van der Waals surface area contributed by atoms with Crippen LogP contribution in [-0.4, -0.2) is 23.9 Å². The molecule has 0 aromatic heterocycles. The molecular formula is C12H9F2NO3S2. The van der Waals surface area contributed by atoms with Crippen molar-refractivity contribution in [2.45, 2.75) is 6.61 Å². The molecule has 0 radical (unpaired) electrons. The standard InChI is InChI=1S/C12H9F2NO3S2/c1-17-8-4-6(2-3-7(8)18-11(13)14)5-9-10(16)15-12(19)20-9/h2-5,11H,1H3,(H,15,16,19). The van der Waals surface area contributed by atoms with Crippen molar-refractivity contribution in [1.29, 1.82) is 0 Å². The molecule has 0 spiro atoms. The summed E-state index contributed by atoms with van der Waals surface area (Å²) in [5.41, 5.74) is 0.616. The molecule has 1 fully saturated rings. The van der Waals surface area contributed by atoms with Crippen molar-refractivity contribution in [3.05, 3.63) is 28.7 Å². The molecule has 0 saturated carbocycles. The van der Waals surface area contributed by atoms with Gasteiger partial charge in [-0.1, -0.05) is 30.0 Å². The van der Waals surface area contributed by atoms with Gasteiger partial charge in [-0.05, 0) is 23.8 Å². The lowest BCUT2D eigenvalue weighted by atomic mass is 10.2. The molecule has 1 amide bonds. The highest BCUT2D eigenvalue weighted by molar-refractivity contribution is 8.26. The van der Waals surface area contributed by atoms with Gasteiger partial charge in [0.2, 0.25) is 0 Å². The Morgan fingerprint density at radius 2 is 2.15 bits per heavy atom. The summed E-state index contributed by atoms with van der Waals surface area (Å²) in [6.45, 7) is -2.93. The Labute approximate surface area is 123 Å². The van der Waals surface area contributed by atoms with E-state index in [0.29, 0.717) is 14.8 Å². The fraction of sp³-hybridized carbons (Fsp3) is 0.167. The smallest absolute Gasteiger partial charge is 0.387 e. The first kappa shape index (κ1) is 14.7. The average molecular weight is 317 g/mol. The largest absolute Gasteiger partial charge is 0.493 e. The van der Waals surface area contributed by atoms with Crippen molar-refractivity contribution in [3.63, 3.8) is 0 Å². The van der Waals surface area contributed by atoms with Crippen LogP contribution in [0, 0.1) is 0 Å². The Morgan fingerprint density at radius 3 is 2.70 bits per heavy atom. The Kier molecular flexibility index (Phi) is 4.56. The Morgan fingerprint density at radius 1 is 1.40 bits per heavy atom. The van der Waals surface area contributed by atoms with Gasteiger partial charge in [-0.2, -0.15) is 8.78 Å². The van der Waals surface area contributed by atoms with Gasteiger partial charge in [0.25, 0.3) is 5.91 Å². The average Bonchev–Trinajstić information content (AvgIpc) is 2.69. The van der Waals surface area contributed by atoms with Gasteiger partial charge in [0.1, 0.15) is 4.32 Å². The molecule has 4 nitrogen and oxygen atoms in total. The van der Waals surface area contributed by atoms with E-state index in [2.05, 4.69) is 10.1 Å². The van der Waals surface area contributed by atoms with Crippen molar-refractivity contribution in [2.75, 3.05) is 7.11 Å². The lowest BCUT2D eigenvalue weighted by molar-refractivity contribution is -0.115. The van der Waals surface area contributed by atoms with E-state index in [1.54, 1.807) is 12.1 Å². The van der Waals surface area contributed by atoms with E-state index < -0.39 is 6.61 Å². The topological polar surface area (TPSA) is 47.6 Å². The van der Waals surface area contributed by atoms with Gasteiger partial charge < -0.3 is 14.8 Å². The third kappa shape index (κ3) is 3.45. The molecular weight excluding hydrogens is 308 g/mol. The molecule has 1 saturated heterocycles. The molecule has 20 heavy (non-hydrogen) atoms. The summed E-state index contributed by atoms with van der Waals surface area (Å²) in [4.78, 5) is 11.9.